The highest BCUT2D eigenvalue weighted by Crippen LogP contribution is 2.50. The monoisotopic (exact) mass is 518 g/mol. The van der Waals surface area contributed by atoms with E-state index in [1.807, 2.05) is 64.6 Å². The van der Waals surface area contributed by atoms with Gasteiger partial charge in [0, 0.05) is 11.4 Å². The Hall–Kier alpha value is -3.29. The van der Waals surface area contributed by atoms with E-state index in [9.17, 15) is 4.79 Å². The van der Waals surface area contributed by atoms with Crippen LogP contribution in [0.2, 0.25) is 5.02 Å². The van der Waals surface area contributed by atoms with Gasteiger partial charge in [-0.3, -0.25) is 0 Å². The third-order valence-electron chi connectivity index (χ3n) is 6.24. The normalized spacial score (nSPS) is 19.3. The topological polar surface area (TPSA) is 57.5 Å². The summed E-state index contributed by atoms with van der Waals surface area (Å²) in [6, 6.07) is 26.1. The molecule has 2 aliphatic heterocycles. The molecule has 0 fully saturated rings. The maximum absolute atomic E-state index is 12.8. The molecule has 3 aromatic rings. The number of carbonyl (C=O) groups is 1. The zero-order valence-electron chi connectivity index (χ0n) is 20.2. The van der Waals surface area contributed by atoms with Gasteiger partial charge in [-0.25, -0.2) is 14.8 Å². The second-order valence-corrected chi connectivity index (χ2v) is 10.2. The Kier molecular flexibility index (Phi) is 7.03. The van der Waals surface area contributed by atoms with E-state index in [0.29, 0.717) is 16.5 Å². The summed E-state index contributed by atoms with van der Waals surface area (Å²) in [5.74, 6) is -0.434. The van der Waals surface area contributed by atoms with Gasteiger partial charge in [-0.2, -0.15) is 10.2 Å². The molecule has 8 heteroatoms. The summed E-state index contributed by atoms with van der Waals surface area (Å²) in [6.07, 6.45) is 2.39. The summed E-state index contributed by atoms with van der Waals surface area (Å²) in [6.45, 7) is 4.23. The molecule has 0 aliphatic carbocycles. The molecule has 0 N–H and O–H groups in total. The van der Waals surface area contributed by atoms with Gasteiger partial charge >= 0.3 is 5.97 Å². The summed E-state index contributed by atoms with van der Waals surface area (Å²) in [5, 5.41) is 14.8. The van der Waals surface area contributed by atoms with Gasteiger partial charge in [0.2, 0.25) is 10.0 Å². The third kappa shape index (κ3) is 4.61. The number of aryl methyl sites for hydroxylation is 1. The molecule has 1 spiro atoms. The zero-order chi connectivity index (χ0) is 25.1. The number of benzene rings is 3. The first-order chi connectivity index (χ1) is 17.5. The average molecular weight is 519 g/mol. The Morgan fingerprint density at radius 3 is 2.28 bits per heavy atom. The number of ether oxygens (including phenoxy) is 1. The van der Waals surface area contributed by atoms with Crippen molar-refractivity contribution in [2.45, 2.75) is 38.1 Å². The molecule has 0 bridgehead atoms. The lowest BCUT2D eigenvalue weighted by Crippen LogP contribution is -2.56. The highest BCUT2D eigenvalue weighted by Gasteiger charge is 2.53. The van der Waals surface area contributed by atoms with E-state index < -0.39 is 11.0 Å². The number of nitrogens with zero attached hydrogens (tertiary/aromatic N) is 4. The first-order valence-corrected chi connectivity index (χ1v) is 13.3. The Morgan fingerprint density at radius 2 is 1.61 bits per heavy atom. The number of esters is 1. The first-order valence-electron chi connectivity index (χ1n) is 12.1. The number of hydrogen-bond donors (Lipinski definition) is 0. The third-order valence-corrected chi connectivity index (χ3v) is 7.81. The van der Waals surface area contributed by atoms with Gasteiger partial charge in [0.1, 0.15) is 0 Å². The number of carbonyl (C=O) groups excluding carboxylic acids is 1. The minimum atomic E-state index is -0.788. The second kappa shape index (κ2) is 10.4. The van der Waals surface area contributed by atoms with Crippen molar-refractivity contribution in [3.63, 3.8) is 0 Å². The Labute approximate surface area is 220 Å². The van der Waals surface area contributed by atoms with Gasteiger partial charge < -0.3 is 4.74 Å². The smallest absolute Gasteiger partial charge is 0.365 e. The molecule has 6 nitrogen and oxygen atoms in total. The fraction of sp³-hybridized carbons (Fsp3) is 0.250. The molecular formula is C28H27ClN4O2S. The van der Waals surface area contributed by atoms with E-state index in [-0.39, 0.29) is 6.61 Å². The van der Waals surface area contributed by atoms with Crippen LogP contribution in [0.15, 0.2) is 89.1 Å². The van der Waals surface area contributed by atoms with Crippen LogP contribution in [0.1, 0.15) is 37.8 Å². The molecule has 0 radical (unpaired) electrons. The van der Waals surface area contributed by atoms with Crippen molar-refractivity contribution >= 4 is 51.5 Å². The van der Waals surface area contributed by atoms with E-state index in [2.05, 4.69) is 31.2 Å². The Morgan fingerprint density at radius 1 is 0.944 bits per heavy atom. The molecular weight excluding hydrogens is 492 g/mol. The molecule has 5 rings (SSSR count). The first kappa shape index (κ1) is 24.4. The van der Waals surface area contributed by atoms with Crippen LogP contribution < -0.4 is 10.0 Å². The molecule has 2 aliphatic rings. The predicted octanol–water partition coefficient (Wildman–Crippen LogP) is 6.69. The Bertz CT molecular complexity index is 1300. The molecule has 3 aromatic carbocycles. The van der Waals surface area contributed by atoms with Gasteiger partial charge in [0.25, 0.3) is 0 Å². The van der Waals surface area contributed by atoms with Crippen molar-refractivity contribution in [3.8, 4) is 0 Å². The van der Waals surface area contributed by atoms with Crippen LogP contribution in [0, 0.1) is 0 Å². The molecule has 0 aromatic heterocycles. The highest BCUT2D eigenvalue weighted by molar-refractivity contribution is 8.17. The van der Waals surface area contributed by atoms with E-state index in [0.717, 1.165) is 35.5 Å². The summed E-state index contributed by atoms with van der Waals surface area (Å²) in [4.78, 5) is 12.0. The van der Waals surface area contributed by atoms with Crippen molar-refractivity contribution in [2.24, 2.45) is 10.2 Å². The second-order valence-electron chi connectivity index (χ2n) is 8.50. The number of halogens is 1. The largest absolute Gasteiger partial charge is 0.461 e. The van der Waals surface area contributed by atoms with Crippen molar-refractivity contribution in [1.82, 2.24) is 0 Å². The quantitative estimate of drug-likeness (QED) is 0.340. The molecule has 0 saturated carbocycles. The van der Waals surface area contributed by atoms with Gasteiger partial charge in [-0.05, 0) is 79.1 Å². The number of hydrazone groups is 2. The molecule has 184 valence electrons. The number of para-hydroxylation sites is 1. The van der Waals surface area contributed by atoms with Crippen molar-refractivity contribution < 1.29 is 9.53 Å². The predicted molar refractivity (Wildman–Crippen MR) is 149 cm³/mol. The van der Waals surface area contributed by atoms with E-state index in [1.54, 1.807) is 6.92 Å². The van der Waals surface area contributed by atoms with Gasteiger partial charge in [0.15, 0.2) is 0 Å². The van der Waals surface area contributed by atoms with Crippen LogP contribution in [-0.4, -0.2) is 28.3 Å². The minimum Gasteiger partial charge on any atom is -0.461 e. The van der Waals surface area contributed by atoms with Crippen molar-refractivity contribution in [1.29, 1.82) is 0 Å². The number of rotatable bonds is 6. The van der Waals surface area contributed by atoms with Crippen LogP contribution in [0.4, 0.5) is 11.4 Å². The van der Waals surface area contributed by atoms with Gasteiger partial charge in [-0.15, -0.1) is 0 Å². The van der Waals surface area contributed by atoms with Crippen LogP contribution in [-0.2, 0) is 16.0 Å². The van der Waals surface area contributed by atoms with Crippen molar-refractivity contribution in [2.75, 3.05) is 16.6 Å². The zero-order valence-corrected chi connectivity index (χ0v) is 21.8. The summed E-state index contributed by atoms with van der Waals surface area (Å²) in [5.41, 5.74) is 5.10. The summed E-state index contributed by atoms with van der Waals surface area (Å²) >= 11 is 7.57. The lowest BCUT2D eigenvalue weighted by Gasteiger charge is -2.46. The number of hydrogen-bond acceptors (Lipinski definition) is 7. The Balaban J connectivity index is 1.63. The molecule has 0 amide bonds. The van der Waals surface area contributed by atoms with Crippen LogP contribution in [0.25, 0.3) is 0 Å². The van der Waals surface area contributed by atoms with Crippen molar-refractivity contribution in [3.05, 3.63) is 95.0 Å². The fourth-order valence-corrected chi connectivity index (χ4v) is 5.76. The maximum atomic E-state index is 12.8. The lowest BCUT2D eigenvalue weighted by atomic mass is 10.0. The minimum absolute atomic E-state index is 0.283. The summed E-state index contributed by atoms with van der Waals surface area (Å²) < 4.78 is 5.32. The SMILES string of the molecule is CCOC(=O)C1=NN(c2ccc(Cl)cc2)C2(CCC(c3ccc(CC)cc3)=NN2c2ccccc2)S1. The summed E-state index contributed by atoms with van der Waals surface area (Å²) in [7, 11) is 0. The lowest BCUT2D eigenvalue weighted by molar-refractivity contribution is -0.134. The number of thioether (sulfide) groups is 1. The van der Waals surface area contributed by atoms with Crippen LogP contribution in [0.5, 0.6) is 0 Å². The van der Waals surface area contributed by atoms with Gasteiger partial charge in [-0.1, -0.05) is 61.0 Å². The standard InChI is InChI=1S/C28H27ClN4O2S/c1-3-20-10-12-21(13-11-20)25-18-19-28(32(30-25)23-8-6-5-7-9-23)33(24-16-14-22(29)15-17-24)31-26(36-28)27(34)35-4-2/h5-17H,3-4,18-19H2,1-2H3. The van der Waals surface area contributed by atoms with E-state index in [1.165, 1.54) is 17.3 Å². The number of anilines is 2. The molecule has 0 saturated heterocycles. The molecule has 1 unspecified atom stereocenters. The molecule has 1 atom stereocenters. The van der Waals surface area contributed by atoms with E-state index in [4.69, 9.17) is 26.5 Å². The van der Waals surface area contributed by atoms with Crippen LogP contribution >= 0.6 is 23.4 Å². The maximum Gasteiger partial charge on any atom is 0.365 e. The fourth-order valence-electron chi connectivity index (χ4n) is 4.39. The van der Waals surface area contributed by atoms with Gasteiger partial charge in [0.05, 0.1) is 23.7 Å². The average Bonchev–Trinajstić information content (AvgIpc) is 3.30. The highest BCUT2D eigenvalue weighted by atomic mass is 35.5. The molecule has 2 heterocycles. The molecule has 36 heavy (non-hydrogen) atoms. The van der Waals surface area contributed by atoms with E-state index >= 15 is 0 Å². The van der Waals surface area contributed by atoms with Crippen LogP contribution in [0.3, 0.4) is 0 Å².